The first-order valence-electron chi connectivity index (χ1n) is 15.3. The number of aliphatic carboxylic acids is 1. The molecule has 5 rings (SSSR count). The molecule has 7 heteroatoms. The van der Waals surface area contributed by atoms with Crippen molar-refractivity contribution in [3.8, 4) is 22.3 Å². The van der Waals surface area contributed by atoms with Gasteiger partial charge in [0.1, 0.15) is 5.82 Å². The number of carbonyl (C=O) groups excluding carboxylic acids is 1. The van der Waals surface area contributed by atoms with Crippen LogP contribution in [0.1, 0.15) is 93.4 Å². The molecule has 2 heterocycles. The third kappa shape index (κ3) is 6.69. The first-order valence-corrected chi connectivity index (χ1v) is 15.3. The second kappa shape index (κ2) is 12.2. The lowest BCUT2D eigenvalue weighted by molar-refractivity contribution is -0.160. The molecule has 1 aliphatic rings. The van der Waals surface area contributed by atoms with Crippen LogP contribution in [-0.2, 0) is 21.5 Å². The van der Waals surface area contributed by atoms with Crippen LogP contribution in [0.3, 0.4) is 0 Å². The minimum absolute atomic E-state index is 0.131. The van der Waals surface area contributed by atoms with E-state index >= 15 is 0 Å². The maximum atomic E-state index is 14.2. The van der Waals surface area contributed by atoms with E-state index in [2.05, 4.69) is 13.8 Å². The summed E-state index contributed by atoms with van der Waals surface area (Å²) in [6.07, 6.45) is -1.33. The van der Waals surface area contributed by atoms with Gasteiger partial charge in [0, 0.05) is 35.2 Å². The molecule has 1 amide bonds. The minimum atomic E-state index is -1.33. The third-order valence-corrected chi connectivity index (χ3v) is 8.11. The Balaban J connectivity index is 1.69. The number of ether oxygens (including phenoxy) is 1. The normalized spacial score (nSPS) is 15.1. The van der Waals surface area contributed by atoms with E-state index in [4.69, 9.17) is 9.72 Å². The third-order valence-electron chi connectivity index (χ3n) is 8.11. The lowest BCUT2D eigenvalue weighted by Gasteiger charge is -2.42. The van der Waals surface area contributed by atoms with Gasteiger partial charge in [0.05, 0.1) is 17.0 Å². The highest BCUT2D eigenvalue weighted by Crippen LogP contribution is 2.45. The molecular formula is C38H41FN2O4. The summed E-state index contributed by atoms with van der Waals surface area (Å²) in [6.45, 7) is 14.1. The van der Waals surface area contributed by atoms with Crippen molar-refractivity contribution in [3.05, 3.63) is 113 Å². The Morgan fingerprint density at radius 2 is 1.49 bits per heavy atom. The Morgan fingerprint density at radius 3 is 2.04 bits per heavy atom. The van der Waals surface area contributed by atoms with Crippen LogP contribution in [0.25, 0.3) is 22.3 Å². The van der Waals surface area contributed by atoms with Crippen molar-refractivity contribution in [3.63, 3.8) is 0 Å². The number of hydrogen-bond donors (Lipinski definition) is 1. The van der Waals surface area contributed by atoms with Crippen LogP contribution >= 0.6 is 0 Å². The number of aromatic nitrogens is 1. The van der Waals surface area contributed by atoms with E-state index < -0.39 is 28.9 Å². The fourth-order valence-electron chi connectivity index (χ4n) is 6.17. The van der Waals surface area contributed by atoms with Crippen LogP contribution in [-0.4, -0.2) is 39.0 Å². The molecule has 4 aromatic rings. The number of pyridine rings is 1. The van der Waals surface area contributed by atoms with Crippen molar-refractivity contribution in [2.75, 3.05) is 6.54 Å². The number of hydrogen-bond acceptors (Lipinski definition) is 4. The first-order chi connectivity index (χ1) is 21.2. The molecule has 0 saturated carbocycles. The summed E-state index contributed by atoms with van der Waals surface area (Å²) >= 11 is 0. The summed E-state index contributed by atoms with van der Waals surface area (Å²) in [5, 5.41) is 10.5. The summed E-state index contributed by atoms with van der Waals surface area (Å²) < 4.78 is 20.4. The maximum Gasteiger partial charge on any atom is 0.337 e. The highest BCUT2D eigenvalue weighted by Gasteiger charge is 2.41. The summed E-state index contributed by atoms with van der Waals surface area (Å²) in [7, 11) is 0. The number of nitrogens with zero attached hydrogens (tertiary/aromatic N) is 2. The van der Waals surface area contributed by atoms with Crippen molar-refractivity contribution in [1.29, 1.82) is 0 Å². The van der Waals surface area contributed by atoms with Gasteiger partial charge in [-0.05, 0) is 73.2 Å². The molecule has 0 spiro atoms. The van der Waals surface area contributed by atoms with E-state index in [-0.39, 0.29) is 18.4 Å². The topological polar surface area (TPSA) is 79.7 Å². The van der Waals surface area contributed by atoms with Gasteiger partial charge in [0.15, 0.2) is 6.10 Å². The predicted octanol–water partition coefficient (Wildman–Crippen LogP) is 8.55. The molecule has 0 radical (unpaired) electrons. The van der Waals surface area contributed by atoms with E-state index in [1.165, 1.54) is 12.1 Å². The summed E-state index contributed by atoms with van der Waals surface area (Å²) in [6, 6.07) is 23.6. The van der Waals surface area contributed by atoms with Gasteiger partial charge in [-0.1, -0.05) is 82.3 Å². The van der Waals surface area contributed by atoms with Gasteiger partial charge >= 0.3 is 5.97 Å². The zero-order valence-corrected chi connectivity index (χ0v) is 27.0. The largest absolute Gasteiger partial charge is 0.479 e. The van der Waals surface area contributed by atoms with Gasteiger partial charge in [0.2, 0.25) is 0 Å². The van der Waals surface area contributed by atoms with Crippen molar-refractivity contribution in [2.24, 2.45) is 0 Å². The minimum Gasteiger partial charge on any atom is -0.479 e. The molecule has 0 saturated heterocycles. The van der Waals surface area contributed by atoms with Crippen molar-refractivity contribution < 1.29 is 23.8 Å². The van der Waals surface area contributed by atoms with Crippen molar-refractivity contribution >= 4 is 11.9 Å². The number of carbonyl (C=O) groups is 2. The predicted molar refractivity (Wildman–Crippen MR) is 175 cm³/mol. The standard InChI is InChI=1S/C38H41FN2O4/c1-23(2)32-31(33(36(43)44)45-37(3,4)5)30(26-17-19-28(39)20-18-26)29-21-41(22-38(6,7)34(29)40-32)35(42)27-15-13-25(14-16-27)24-11-9-8-10-12-24/h8-20,23,33H,21-22H2,1-7H3,(H,43,44). The molecule has 0 fully saturated rings. The highest BCUT2D eigenvalue weighted by atomic mass is 19.1. The first kappa shape index (κ1) is 32.0. The monoisotopic (exact) mass is 608 g/mol. The fourth-order valence-corrected chi connectivity index (χ4v) is 6.17. The van der Waals surface area contributed by atoms with Crippen LogP contribution in [0.2, 0.25) is 0 Å². The number of carboxylic acids is 1. The molecule has 3 aromatic carbocycles. The lowest BCUT2D eigenvalue weighted by atomic mass is 9.76. The highest BCUT2D eigenvalue weighted by molar-refractivity contribution is 5.95. The zero-order valence-electron chi connectivity index (χ0n) is 27.0. The zero-order chi connectivity index (χ0) is 32.7. The second-order valence-corrected chi connectivity index (χ2v) is 13.7. The van der Waals surface area contributed by atoms with Crippen LogP contribution in [0, 0.1) is 5.82 Å². The number of benzene rings is 3. The van der Waals surface area contributed by atoms with Gasteiger partial charge in [-0.3, -0.25) is 9.78 Å². The van der Waals surface area contributed by atoms with E-state index in [0.29, 0.717) is 34.5 Å². The van der Waals surface area contributed by atoms with Crippen LogP contribution < -0.4 is 0 Å². The molecular weight excluding hydrogens is 567 g/mol. The van der Waals surface area contributed by atoms with Gasteiger partial charge in [0.25, 0.3) is 5.91 Å². The SMILES string of the molecule is CC(C)c1nc2c(c(-c3ccc(F)cc3)c1C(OC(C)(C)C)C(=O)O)CN(C(=O)c1ccc(-c3ccccc3)cc1)CC2(C)C. The number of fused-ring (bicyclic) bond motifs is 1. The molecule has 1 N–H and O–H groups in total. The second-order valence-electron chi connectivity index (χ2n) is 13.7. The molecule has 1 atom stereocenters. The molecule has 0 bridgehead atoms. The fraction of sp³-hybridized carbons (Fsp3) is 0.342. The number of rotatable bonds is 7. The molecule has 0 aliphatic carbocycles. The number of carboxylic acid groups (broad SMARTS) is 1. The molecule has 1 aromatic heterocycles. The molecule has 234 valence electrons. The van der Waals surface area contributed by atoms with Gasteiger partial charge < -0.3 is 14.7 Å². The van der Waals surface area contributed by atoms with Crippen LogP contribution in [0.4, 0.5) is 4.39 Å². The Bertz CT molecular complexity index is 1710. The van der Waals surface area contributed by atoms with E-state index in [1.54, 1.807) is 17.0 Å². The van der Waals surface area contributed by atoms with Crippen molar-refractivity contribution in [1.82, 2.24) is 9.88 Å². The van der Waals surface area contributed by atoms with Gasteiger partial charge in [-0.25, -0.2) is 9.18 Å². The Morgan fingerprint density at radius 1 is 0.911 bits per heavy atom. The Hall–Kier alpha value is -4.36. The average Bonchev–Trinajstić information content (AvgIpc) is 2.99. The van der Waals surface area contributed by atoms with Crippen LogP contribution in [0.15, 0.2) is 78.9 Å². The van der Waals surface area contributed by atoms with E-state index in [0.717, 1.165) is 22.4 Å². The average molecular weight is 609 g/mol. The van der Waals surface area contributed by atoms with E-state index in [9.17, 15) is 19.1 Å². The van der Waals surface area contributed by atoms with Crippen molar-refractivity contribution in [2.45, 2.75) is 78.0 Å². The van der Waals surface area contributed by atoms with Crippen LogP contribution in [0.5, 0.6) is 0 Å². The summed E-state index contributed by atoms with van der Waals surface area (Å²) in [5.74, 6) is -1.80. The smallest absolute Gasteiger partial charge is 0.337 e. The van der Waals surface area contributed by atoms with Gasteiger partial charge in [-0.15, -0.1) is 0 Å². The maximum absolute atomic E-state index is 14.2. The Labute approximate surface area is 264 Å². The van der Waals surface area contributed by atoms with E-state index in [1.807, 2.05) is 89.2 Å². The lowest BCUT2D eigenvalue weighted by Crippen LogP contribution is -2.46. The molecule has 1 unspecified atom stereocenters. The number of halogens is 1. The van der Waals surface area contributed by atoms with Gasteiger partial charge in [-0.2, -0.15) is 0 Å². The molecule has 45 heavy (non-hydrogen) atoms. The summed E-state index contributed by atoms with van der Waals surface area (Å²) in [5.41, 5.74) is 5.19. The summed E-state index contributed by atoms with van der Waals surface area (Å²) in [4.78, 5) is 33.9. The molecule has 1 aliphatic heterocycles. The number of amides is 1. The Kier molecular flexibility index (Phi) is 8.69. The quantitative estimate of drug-likeness (QED) is 0.227. The molecule has 6 nitrogen and oxygen atoms in total.